The molecule has 6 heteroatoms. The maximum Gasteiger partial charge on any atom is 0.132 e. The van der Waals surface area contributed by atoms with Gasteiger partial charge in [0.15, 0.2) is 0 Å². The van der Waals surface area contributed by atoms with E-state index in [-0.39, 0.29) is 10.8 Å². The SMILES string of the molecule is ClC1CCC(CS[C@@H](CN2CC[NH2+]C2)C2CCC(Cl)CC2Cl)CC1. The predicted molar refractivity (Wildman–Crippen MR) is 108 cm³/mol. The predicted octanol–water partition coefficient (Wildman–Crippen LogP) is 3.74. The molecule has 0 bridgehead atoms. The first-order chi connectivity index (χ1) is 11.6. The second kappa shape index (κ2) is 9.90. The van der Waals surface area contributed by atoms with Gasteiger partial charge in [-0.25, -0.2) is 0 Å². The molecular formula is C18H32Cl3N2S+. The summed E-state index contributed by atoms with van der Waals surface area (Å²) in [6.45, 7) is 4.83. The first kappa shape index (κ1) is 19.9. The van der Waals surface area contributed by atoms with Crippen LogP contribution in [0.15, 0.2) is 0 Å². The van der Waals surface area contributed by atoms with Crippen molar-refractivity contribution in [2.24, 2.45) is 11.8 Å². The van der Waals surface area contributed by atoms with Gasteiger partial charge in [0.05, 0.1) is 13.1 Å². The molecule has 1 saturated heterocycles. The molecule has 2 saturated carbocycles. The minimum absolute atomic E-state index is 0.254. The number of alkyl halides is 3. The van der Waals surface area contributed by atoms with Crippen LogP contribution in [0.3, 0.4) is 0 Å². The number of nitrogens with two attached hydrogens (primary N) is 1. The highest BCUT2D eigenvalue weighted by Gasteiger charge is 2.36. The summed E-state index contributed by atoms with van der Waals surface area (Å²) in [5.41, 5.74) is 0. The van der Waals surface area contributed by atoms with Gasteiger partial charge >= 0.3 is 0 Å². The van der Waals surface area contributed by atoms with Gasteiger partial charge in [0.25, 0.3) is 0 Å². The van der Waals surface area contributed by atoms with E-state index in [1.165, 1.54) is 57.5 Å². The standard InChI is InChI=1S/C18H31Cl3N2S/c19-14-3-1-13(2-4-14)11-24-18(10-23-8-7-22-12-23)16-6-5-15(20)9-17(16)21/h13-18,22H,1-12H2/p+1/t13?,14?,15?,16?,17?,18-/m0/s1. The Balaban J connectivity index is 1.54. The van der Waals surface area contributed by atoms with Crippen LogP contribution in [0.5, 0.6) is 0 Å². The Hall–Kier alpha value is 1.14. The van der Waals surface area contributed by atoms with E-state index in [9.17, 15) is 0 Å². The summed E-state index contributed by atoms with van der Waals surface area (Å²) >= 11 is 21.6. The van der Waals surface area contributed by atoms with Crippen LogP contribution < -0.4 is 5.32 Å². The quantitative estimate of drug-likeness (QED) is 0.668. The number of thioether (sulfide) groups is 1. The van der Waals surface area contributed by atoms with Crippen molar-refractivity contribution < 1.29 is 5.32 Å². The van der Waals surface area contributed by atoms with Crippen LogP contribution in [0.4, 0.5) is 0 Å². The van der Waals surface area contributed by atoms with E-state index < -0.39 is 0 Å². The molecule has 2 aliphatic carbocycles. The van der Waals surface area contributed by atoms with E-state index >= 15 is 0 Å². The van der Waals surface area contributed by atoms with Crippen molar-refractivity contribution in [1.29, 1.82) is 0 Å². The minimum Gasteiger partial charge on any atom is -0.333 e. The molecule has 24 heavy (non-hydrogen) atoms. The van der Waals surface area contributed by atoms with Crippen LogP contribution in [0.1, 0.15) is 44.9 Å². The van der Waals surface area contributed by atoms with Gasteiger partial charge in [0, 0.05) is 27.9 Å². The number of rotatable bonds is 6. The van der Waals surface area contributed by atoms with Gasteiger partial charge in [-0.3, -0.25) is 4.90 Å². The van der Waals surface area contributed by atoms with E-state index in [1.54, 1.807) is 0 Å². The van der Waals surface area contributed by atoms with Crippen molar-refractivity contribution in [2.45, 2.75) is 66.3 Å². The summed E-state index contributed by atoms with van der Waals surface area (Å²) in [5, 5.41) is 4.04. The third kappa shape index (κ3) is 5.82. The van der Waals surface area contributed by atoms with Crippen molar-refractivity contribution in [3.8, 4) is 0 Å². The summed E-state index contributed by atoms with van der Waals surface area (Å²) < 4.78 is 0. The van der Waals surface area contributed by atoms with Gasteiger partial charge in [0.1, 0.15) is 6.67 Å². The monoisotopic (exact) mass is 413 g/mol. The summed E-state index contributed by atoms with van der Waals surface area (Å²) in [6.07, 6.45) is 8.34. The molecule has 3 fully saturated rings. The van der Waals surface area contributed by atoms with Crippen molar-refractivity contribution >= 4 is 46.6 Å². The van der Waals surface area contributed by atoms with Crippen LogP contribution >= 0.6 is 46.6 Å². The average molecular weight is 415 g/mol. The molecular weight excluding hydrogens is 383 g/mol. The molecule has 1 heterocycles. The highest BCUT2D eigenvalue weighted by Crippen LogP contribution is 2.40. The lowest BCUT2D eigenvalue weighted by Crippen LogP contribution is -2.82. The fourth-order valence-electron chi connectivity index (χ4n) is 4.43. The lowest BCUT2D eigenvalue weighted by molar-refractivity contribution is -0.642. The fourth-order valence-corrected chi connectivity index (χ4v) is 7.43. The summed E-state index contributed by atoms with van der Waals surface area (Å²) in [4.78, 5) is 2.61. The van der Waals surface area contributed by atoms with Gasteiger partial charge in [-0.15, -0.1) is 34.8 Å². The van der Waals surface area contributed by atoms with Crippen LogP contribution in [0.25, 0.3) is 0 Å². The Bertz CT molecular complexity index is 373. The van der Waals surface area contributed by atoms with Gasteiger partial charge in [-0.1, -0.05) is 0 Å². The molecule has 2 nitrogen and oxygen atoms in total. The molecule has 3 aliphatic rings. The van der Waals surface area contributed by atoms with E-state index in [1.807, 2.05) is 0 Å². The number of hydrogen-bond donors (Lipinski definition) is 1. The second-order valence-corrected chi connectivity index (χ2v) is 11.0. The maximum atomic E-state index is 6.76. The number of quaternary nitrogens is 1. The highest BCUT2D eigenvalue weighted by atomic mass is 35.5. The van der Waals surface area contributed by atoms with Crippen molar-refractivity contribution in [3.05, 3.63) is 0 Å². The lowest BCUT2D eigenvalue weighted by atomic mass is 9.85. The summed E-state index contributed by atoms with van der Waals surface area (Å²) in [5.74, 6) is 2.77. The molecule has 3 unspecified atom stereocenters. The maximum absolute atomic E-state index is 6.76. The minimum atomic E-state index is 0.254. The molecule has 4 atom stereocenters. The van der Waals surface area contributed by atoms with Gasteiger partial charge in [0.2, 0.25) is 0 Å². The Morgan fingerprint density at radius 3 is 2.42 bits per heavy atom. The smallest absolute Gasteiger partial charge is 0.132 e. The Kier molecular flexibility index (Phi) is 8.20. The van der Waals surface area contributed by atoms with Crippen LogP contribution in [0.2, 0.25) is 0 Å². The van der Waals surface area contributed by atoms with Crippen LogP contribution in [0, 0.1) is 11.8 Å². The molecule has 3 rings (SSSR count). The van der Waals surface area contributed by atoms with E-state index in [2.05, 4.69) is 22.0 Å². The van der Waals surface area contributed by atoms with E-state index in [0.29, 0.717) is 16.5 Å². The van der Waals surface area contributed by atoms with Crippen LogP contribution in [-0.4, -0.2) is 58.3 Å². The van der Waals surface area contributed by atoms with Crippen molar-refractivity contribution in [1.82, 2.24) is 4.90 Å². The zero-order valence-corrected chi connectivity index (χ0v) is 17.6. The number of halogens is 3. The molecule has 0 aromatic carbocycles. The summed E-state index contributed by atoms with van der Waals surface area (Å²) in [7, 11) is 0. The zero-order valence-electron chi connectivity index (χ0n) is 14.5. The normalized spacial score (nSPS) is 39.9. The first-order valence-electron chi connectivity index (χ1n) is 9.69. The van der Waals surface area contributed by atoms with Gasteiger partial charge < -0.3 is 5.32 Å². The number of hydrogen-bond acceptors (Lipinski definition) is 2. The molecule has 0 aromatic rings. The van der Waals surface area contributed by atoms with Gasteiger partial charge in [-0.2, -0.15) is 11.8 Å². The second-order valence-electron chi connectivity index (χ2n) is 7.92. The molecule has 1 aliphatic heterocycles. The number of nitrogens with zero attached hydrogens (tertiary/aromatic N) is 1. The van der Waals surface area contributed by atoms with Crippen LogP contribution in [-0.2, 0) is 0 Å². The van der Waals surface area contributed by atoms with Crippen molar-refractivity contribution in [3.63, 3.8) is 0 Å². The average Bonchev–Trinajstić information content (AvgIpc) is 3.06. The van der Waals surface area contributed by atoms with E-state index in [4.69, 9.17) is 34.8 Å². The molecule has 0 radical (unpaired) electrons. The Labute approximate surface area is 166 Å². The molecule has 0 aromatic heterocycles. The summed E-state index contributed by atoms with van der Waals surface area (Å²) in [6, 6.07) is 0. The molecule has 0 amide bonds. The van der Waals surface area contributed by atoms with Crippen molar-refractivity contribution in [2.75, 3.05) is 32.1 Å². The third-order valence-corrected chi connectivity index (χ3v) is 8.96. The zero-order chi connectivity index (χ0) is 16.9. The topological polar surface area (TPSA) is 19.9 Å². The highest BCUT2D eigenvalue weighted by molar-refractivity contribution is 7.99. The molecule has 140 valence electrons. The third-order valence-electron chi connectivity index (χ3n) is 6.03. The molecule has 2 N–H and O–H groups in total. The Morgan fingerprint density at radius 2 is 1.75 bits per heavy atom. The largest absolute Gasteiger partial charge is 0.333 e. The van der Waals surface area contributed by atoms with E-state index in [0.717, 1.165) is 25.4 Å². The Morgan fingerprint density at radius 1 is 1.00 bits per heavy atom. The lowest BCUT2D eigenvalue weighted by Gasteiger charge is -2.37. The molecule has 0 spiro atoms. The first-order valence-corrected chi connectivity index (χ1v) is 12.1. The fraction of sp³-hybridized carbons (Fsp3) is 1.00. The van der Waals surface area contributed by atoms with Gasteiger partial charge in [-0.05, 0) is 62.5 Å².